The number of hydrogen-bond donors (Lipinski definition) is 0. The molecule has 0 bridgehead atoms. The molecule has 1 amide bonds. The van der Waals surface area contributed by atoms with Crippen LogP contribution in [0.4, 0.5) is 0 Å². The van der Waals surface area contributed by atoms with E-state index in [-0.39, 0.29) is 17.4 Å². The molecule has 0 N–H and O–H groups in total. The predicted molar refractivity (Wildman–Crippen MR) is 71.2 cm³/mol. The van der Waals surface area contributed by atoms with Gasteiger partial charge in [-0.15, -0.1) is 0 Å². The molecule has 1 heterocycles. The molecule has 1 unspecified atom stereocenters. The lowest BCUT2D eigenvalue weighted by molar-refractivity contribution is -0.148. The zero-order chi connectivity index (χ0) is 13.2. The minimum atomic E-state index is -0.343. The molecule has 0 aliphatic carbocycles. The molecule has 0 saturated carbocycles. The maximum absolute atomic E-state index is 12.5. The van der Waals surface area contributed by atoms with Gasteiger partial charge in [-0.2, -0.15) is 0 Å². The summed E-state index contributed by atoms with van der Waals surface area (Å²) in [6, 6.07) is 10.2. The van der Waals surface area contributed by atoms with E-state index in [4.69, 9.17) is 4.74 Å². The van der Waals surface area contributed by atoms with Crippen molar-refractivity contribution in [2.45, 2.75) is 26.8 Å². The smallest absolute Gasteiger partial charge is 0.228 e. The molecule has 1 aliphatic heterocycles. The first-order chi connectivity index (χ1) is 8.50. The van der Waals surface area contributed by atoms with Gasteiger partial charge in [0, 0.05) is 12.0 Å². The van der Waals surface area contributed by atoms with Gasteiger partial charge >= 0.3 is 0 Å². The van der Waals surface area contributed by atoms with Crippen molar-refractivity contribution in [3.8, 4) is 0 Å². The van der Waals surface area contributed by atoms with Crippen LogP contribution >= 0.6 is 0 Å². The molecule has 0 radical (unpaired) electrons. The Labute approximate surface area is 109 Å². The van der Waals surface area contributed by atoms with E-state index in [2.05, 4.69) is 12.1 Å². The Balaban J connectivity index is 2.24. The van der Waals surface area contributed by atoms with Crippen molar-refractivity contribution < 1.29 is 9.53 Å². The van der Waals surface area contributed by atoms with Gasteiger partial charge < -0.3 is 9.64 Å². The molecule has 3 heteroatoms. The average Bonchev–Trinajstić information content (AvgIpc) is 2.38. The summed E-state index contributed by atoms with van der Waals surface area (Å²) in [4.78, 5) is 14.4. The highest BCUT2D eigenvalue weighted by molar-refractivity contribution is 5.82. The van der Waals surface area contributed by atoms with E-state index in [1.165, 1.54) is 0 Å². The molecule has 18 heavy (non-hydrogen) atoms. The first-order valence-corrected chi connectivity index (χ1v) is 6.44. The third kappa shape index (κ3) is 2.72. The Hall–Kier alpha value is -1.35. The maximum atomic E-state index is 12.5. The quantitative estimate of drug-likeness (QED) is 0.763. The number of ether oxygens (including phenoxy) is 1. The minimum Gasteiger partial charge on any atom is -0.377 e. The third-order valence-electron chi connectivity index (χ3n) is 3.22. The van der Waals surface area contributed by atoms with Crippen LogP contribution in [0.5, 0.6) is 0 Å². The summed E-state index contributed by atoms with van der Waals surface area (Å²) < 4.78 is 5.54. The van der Waals surface area contributed by atoms with Crippen molar-refractivity contribution in [1.29, 1.82) is 0 Å². The Kier molecular flexibility index (Phi) is 3.71. The topological polar surface area (TPSA) is 29.5 Å². The van der Waals surface area contributed by atoms with E-state index in [1.807, 2.05) is 43.9 Å². The molecule has 2 rings (SSSR count). The van der Waals surface area contributed by atoms with Crippen LogP contribution in [-0.2, 0) is 9.53 Å². The van der Waals surface area contributed by atoms with E-state index in [1.54, 1.807) is 0 Å². The molecule has 0 spiro atoms. The van der Waals surface area contributed by atoms with Gasteiger partial charge in [0.2, 0.25) is 5.91 Å². The fourth-order valence-electron chi connectivity index (χ4n) is 2.23. The van der Waals surface area contributed by atoms with Crippen LogP contribution in [0.3, 0.4) is 0 Å². The third-order valence-corrected chi connectivity index (χ3v) is 3.22. The van der Waals surface area contributed by atoms with Crippen molar-refractivity contribution in [1.82, 2.24) is 4.90 Å². The second-order valence-corrected chi connectivity index (χ2v) is 5.75. The van der Waals surface area contributed by atoms with Crippen molar-refractivity contribution in [3.05, 3.63) is 35.9 Å². The molecule has 1 aliphatic rings. The van der Waals surface area contributed by atoms with Crippen molar-refractivity contribution in [2.75, 3.05) is 19.8 Å². The normalized spacial score (nSPS) is 20.8. The number of hydrogen-bond acceptors (Lipinski definition) is 2. The summed E-state index contributed by atoms with van der Waals surface area (Å²) in [5.74, 6) is 0.194. The summed E-state index contributed by atoms with van der Waals surface area (Å²) in [7, 11) is 0. The van der Waals surface area contributed by atoms with E-state index in [0.29, 0.717) is 19.8 Å². The monoisotopic (exact) mass is 247 g/mol. The summed E-state index contributed by atoms with van der Waals surface area (Å²) >= 11 is 0. The van der Waals surface area contributed by atoms with Gasteiger partial charge in [-0.25, -0.2) is 0 Å². The molecule has 3 nitrogen and oxygen atoms in total. The first-order valence-electron chi connectivity index (χ1n) is 6.44. The fraction of sp³-hybridized carbons (Fsp3) is 0.533. The van der Waals surface area contributed by atoms with Crippen LogP contribution in [-0.4, -0.2) is 30.6 Å². The highest BCUT2D eigenvalue weighted by Gasteiger charge is 2.34. The van der Waals surface area contributed by atoms with E-state index < -0.39 is 0 Å². The molecule has 1 aromatic rings. The summed E-state index contributed by atoms with van der Waals surface area (Å²) in [6.07, 6.45) is 0. The van der Waals surface area contributed by atoms with Gasteiger partial charge in [-0.3, -0.25) is 4.79 Å². The van der Waals surface area contributed by atoms with Crippen LogP contribution in [0.15, 0.2) is 30.3 Å². The minimum absolute atomic E-state index is 0.0478. The number of carbonyl (C=O) groups is 1. The number of morpholine rings is 1. The molecule has 0 aromatic heterocycles. The Morgan fingerprint density at radius 3 is 2.56 bits per heavy atom. The predicted octanol–water partition coefficient (Wildman–Crippen LogP) is 2.63. The van der Waals surface area contributed by atoms with Gasteiger partial charge in [0.15, 0.2) is 0 Å². The van der Waals surface area contributed by atoms with Gasteiger partial charge in [-0.1, -0.05) is 51.1 Å². The lowest BCUT2D eigenvalue weighted by Gasteiger charge is -2.39. The molecule has 1 saturated heterocycles. The Bertz CT molecular complexity index is 408. The average molecular weight is 247 g/mol. The van der Waals surface area contributed by atoms with Crippen LogP contribution < -0.4 is 0 Å². The van der Waals surface area contributed by atoms with E-state index in [0.717, 1.165) is 5.56 Å². The first kappa shape index (κ1) is 13.1. The van der Waals surface area contributed by atoms with Crippen LogP contribution in [0.2, 0.25) is 0 Å². The number of carbonyl (C=O) groups excluding carboxylic acids is 1. The number of rotatable bonds is 1. The Morgan fingerprint density at radius 2 is 1.94 bits per heavy atom. The summed E-state index contributed by atoms with van der Waals surface area (Å²) in [6.45, 7) is 7.79. The maximum Gasteiger partial charge on any atom is 0.228 e. The van der Waals surface area contributed by atoms with Crippen LogP contribution in [0.25, 0.3) is 0 Å². The second kappa shape index (κ2) is 5.11. The molecule has 1 fully saturated rings. The SMILES string of the molecule is CC(C)(C)C(=O)N1CCOCC1c1ccccc1. The molecular weight excluding hydrogens is 226 g/mol. The molecular formula is C15H21NO2. The molecule has 1 aromatic carbocycles. The lowest BCUT2D eigenvalue weighted by atomic mass is 9.92. The summed E-state index contributed by atoms with van der Waals surface area (Å²) in [5.41, 5.74) is 0.805. The molecule has 98 valence electrons. The second-order valence-electron chi connectivity index (χ2n) is 5.75. The van der Waals surface area contributed by atoms with E-state index in [9.17, 15) is 4.79 Å². The highest BCUT2D eigenvalue weighted by atomic mass is 16.5. The van der Waals surface area contributed by atoms with E-state index >= 15 is 0 Å². The van der Waals surface area contributed by atoms with Crippen LogP contribution in [0, 0.1) is 5.41 Å². The largest absolute Gasteiger partial charge is 0.377 e. The van der Waals surface area contributed by atoms with Crippen molar-refractivity contribution in [2.24, 2.45) is 5.41 Å². The zero-order valence-electron chi connectivity index (χ0n) is 11.3. The zero-order valence-corrected chi connectivity index (χ0v) is 11.3. The van der Waals surface area contributed by atoms with Gasteiger partial charge in [0.05, 0.1) is 19.3 Å². The fourth-order valence-corrected chi connectivity index (χ4v) is 2.23. The van der Waals surface area contributed by atoms with Crippen molar-refractivity contribution in [3.63, 3.8) is 0 Å². The van der Waals surface area contributed by atoms with Crippen LogP contribution in [0.1, 0.15) is 32.4 Å². The van der Waals surface area contributed by atoms with Gasteiger partial charge in [0.1, 0.15) is 0 Å². The number of benzene rings is 1. The highest BCUT2D eigenvalue weighted by Crippen LogP contribution is 2.29. The Morgan fingerprint density at radius 1 is 1.28 bits per heavy atom. The van der Waals surface area contributed by atoms with Crippen molar-refractivity contribution >= 4 is 5.91 Å². The number of nitrogens with zero attached hydrogens (tertiary/aromatic N) is 1. The van der Waals surface area contributed by atoms with Gasteiger partial charge in [-0.05, 0) is 5.56 Å². The standard InChI is InChI=1S/C15H21NO2/c1-15(2,3)14(17)16-9-10-18-11-13(16)12-7-5-4-6-8-12/h4-8,13H,9-11H2,1-3H3. The molecule has 1 atom stereocenters. The summed E-state index contributed by atoms with van der Waals surface area (Å²) in [5, 5.41) is 0. The van der Waals surface area contributed by atoms with Gasteiger partial charge in [0.25, 0.3) is 0 Å². The lowest BCUT2D eigenvalue weighted by Crippen LogP contribution is -2.47. The number of amides is 1.